The van der Waals surface area contributed by atoms with Crippen molar-refractivity contribution in [3.8, 4) is 0 Å². The molecule has 0 saturated heterocycles. The fourth-order valence-electron chi connectivity index (χ4n) is 5.37. The maximum Gasteiger partial charge on any atom is 0.673 e. The Labute approximate surface area is 204 Å². The lowest BCUT2D eigenvalue weighted by Crippen LogP contribution is -2.39. The molecule has 0 bridgehead atoms. The fourth-order valence-corrected chi connectivity index (χ4v) is 5.37. The van der Waals surface area contributed by atoms with E-state index < -0.39 is 7.25 Å². The van der Waals surface area contributed by atoms with Gasteiger partial charge in [-0.2, -0.15) is 0 Å². The topological polar surface area (TPSA) is 3.88 Å². The SMILES string of the molecule is CCCC[n+]1cc2c(cc3ccc4cccc5ccc2c3c45)c(CCC)c1CCC.F[B-](F)(F)F. The predicted octanol–water partition coefficient (Wildman–Crippen LogP) is 9.03. The van der Waals surface area contributed by atoms with E-state index in [1.807, 2.05) is 0 Å². The average Bonchev–Trinajstić information content (AvgIpc) is 2.82. The van der Waals surface area contributed by atoms with Gasteiger partial charge in [-0.25, -0.2) is 4.57 Å². The summed E-state index contributed by atoms with van der Waals surface area (Å²) in [7, 11) is -6.00. The molecule has 0 N–H and O–H groups in total. The number of halogens is 4. The molecular formula is C29H32BF4N. The molecule has 0 fully saturated rings. The van der Waals surface area contributed by atoms with Crippen LogP contribution in [0.25, 0.3) is 43.1 Å². The summed E-state index contributed by atoms with van der Waals surface area (Å²) in [6, 6.07) is 18.5. The molecule has 1 heterocycles. The molecule has 35 heavy (non-hydrogen) atoms. The Morgan fingerprint density at radius 3 is 1.94 bits per heavy atom. The Morgan fingerprint density at radius 1 is 0.686 bits per heavy atom. The van der Waals surface area contributed by atoms with E-state index in [-0.39, 0.29) is 0 Å². The lowest BCUT2D eigenvalue weighted by atomic mass is 9.89. The summed E-state index contributed by atoms with van der Waals surface area (Å²) < 4.78 is 41.6. The molecule has 5 rings (SSSR count). The minimum Gasteiger partial charge on any atom is -0.418 e. The zero-order valence-corrected chi connectivity index (χ0v) is 20.7. The van der Waals surface area contributed by atoms with Crippen LogP contribution in [0.15, 0.2) is 54.7 Å². The summed E-state index contributed by atoms with van der Waals surface area (Å²) >= 11 is 0. The first kappa shape index (κ1) is 25.2. The second-order valence-corrected chi connectivity index (χ2v) is 9.29. The summed E-state index contributed by atoms with van der Waals surface area (Å²) in [5, 5.41) is 11.2. The van der Waals surface area contributed by atoms with Crippen LogP contribution in [0.1, 0.15) is 57.7 Å². The first-order valence-corrected chi connectivity index (χ1v) is 12.7. The van der Waals surface area contributed by atoms with E-state index in [9.17, 15) is 17.3 Å². The van der Waals surface area contributed by atoms with Crippen LogP contribution >= 0.6 is 0 Å². The van der Waals surface area contributed by atoms with Crippen LogP contribution in [0.4, 0.5) is 17.3 Å². The molecule has 0 radical (unpaired) electrons. The molecule has 1 nitrogen and oxygen atoms in total. The maximum atomic E-state index is 9.75. The number of rotatable bonds is 7. The molecule has 0 unspecified atom stereocenters. The van der Waals surface area contributed by atoms with E-state index in [2.05, 4.69) is 80.1 Å². The Bertz CT molecular complexity index is 1440. The zero-order valence-electron chi connectivity index (χ0n) is 20.7. The molecule has 184 valence electrons. The number of aromatic nitrogens is 1. The molecule has 0 aliphatic carbocycles. The standard InChI is InChI=1S/C29H32N.BF4/c1-4-7-17-30-19-26-24-16-15-21-12-8-11-20-13-14-22(29(24)28(20)21)18-25(26)23(9-5-2)27(30)10-6-3;2-1(3,4)5/h8,11-16,18-19H,4-7,9-10,17H2,1-3H3;/q+1;-1. The van der Waals surface area contributed by atoms with Gasteiger partial charge < -0.3 is 17.3 Å². The Kier molecular flexibility index (Phi) is 7.49. The number of hydrogen-bond donors (Lipinski definition) is 0. The van der Waals surface area contributed by atoms with E-state index in [0.717, 1.165) is 13.0 Å². The van der Waals surface area contributed by atoms with Gasteiger partial charge in [-0.05, 0) is 56.6 Å². The Balaban J connectivity index is 0.000000527. The molecule has 0 amide bonds. The van der Waals surface area contributed by atoms with Gasteiger partial charge in [-0.3, -0.25) is 0 Å². The van der Waals surface area contributed by atoms with E-state index in [1.54, 1.807) is 11.3 Å². The van der Waals surface area contributed by atoms with E-state index >= 15 is 0 Å². The highest BCUT2D eigenvalue weighted by Crippen LogP contribution is 2.39. The molecule has 4 aromatic carbocycles. The largest absolute Gasteiger partial charge is 0.673 e. The Hall–Kier alpha value is -2.89. The van der Waals surface area contributed by atoms with Gasteiger partial charge in [0.2, 0.25) is 0 Å². The molecule has 0 atom stereocenters. The lowest BCUT2D eigenvalue weighted by Gasteiger charge is -2.17. The molecule has 0 aliphatic rings. The van der Waals surface area contributed by atoms with Crippen molar-refractivity contribution in [2.75, 3.05) is 0 Å². The van der Waals surface area contributed by atoms with Gasteiger partial charge in [-0.1, -0.05) is 76.1 Å². The van der Waals surface area contributed by atoms with Gasteiger partial charge in [-0.15, -0.1) is 0 Å². The third-order valence-corrected chi connectivity index (χ3v) is 6.73. The first-order chi connectivity index (χ1) is 16.8. The number of nitrogens with zero attached hydrogens (tertiary/aromatic N) is 1. The highest BCUT2D eigenvalue weighted by Gasteiger charge is 2.22. The highest BCUT2D eigenvalue weighted by molar-refractivity contribution is 6.50. The number of hydrogen-bond acceptors (Lipinski definition) is 0. The van der Waals surface area contributed by atoms with Crippen molar-refractivity contribution in [2.24, 2.45) is 0 Å². The van der Waals surface area contributed by atoms with Gasteiger partial charge in [0.25, 0.3) is 0 Å². The number of aryl methyl sites for hydroxylation is 2. The first-order valence-electron chi connectivity index (χ1n) is 12.7. The number of fused-ring (bicyclic) bond motifs is 2. The molecule has 0 aliphatic heterocycles. The van der Waals surface area contributed by atoms with Gasteiger partial charge in [0.1, 0.15) is 6.54 Å². The van der Waals surface area contributed by atoms with Crippen LogP contribution in [0.5, 0.6) is 0 Å². The normalized spacial score (nSPS) is 12.1. The summed E-state index contributed by atoms with van der Waals surface area (Å²) in [6.07, 6.45) is 9.66. The minimum absolute atomic E-state index is 1.13. The van der Waals surface area contributed by atoms with Crippen LogP contribution in [0, 0.1) is 0 Å². The Morgan fingerprint density at radius 2 is 1.31 bits per heavy atom. The molecule has 0 spiro atoms. The van der Waals surface area contributed by atoms with Crippen molar-refractivity contribution in [3.05, 3.63) is 66.0 Å². The number of benzene rings is 4. The number of unbranched alkanes of at least 4 members (excludes halogenated alkanes) is 1. The van der Waals surface area contributed by atoms with Crippen molar-refractivity contribution >= 4 is 50.3 Å². The second kappa shape index (κ2) is 10.4. The third kappa shape index (κ3) is 5.22. The number of pyridine rings is 1. The van der Waals surface area contributed by atoms with Crippen LogP contribution in [-0.4, -0.2) is 7.25 Å². The average molecular weight is 481 g/mol. The van der Waals surface area contributed by atoms with Crippen LogP contribution in [0.2, 0.25) is 0 Å². The second-order valence-electron chi connectivity index (χ2n) is 9.29. The summed E-state index contributed by atoms with van der Waals surface area (Å²) in [5.41, 5.74) is 3.14. The van der Waals surface area contributed by atoms with Crippen LogP contribution < -0.4 is 4.57 Å². The third-order valence-electron chi connectivity index (χ3n) is 6.73. The molecule has 1 aromatic heterocycles. The smallest absolute Gasteiger partial charge is 0.418 e. The van der Waals surface area contributed by atoms with Gasteiger partial charge >= 0.3 is 7.25 Å². The fraction of sp³-hybridized carbons (Fsp3) is 0.345. The predicted molar refractivity (Wildman–Crippen MR) is 141 cm³/mol. The summed E-state index contributed by atoms with van der Waals surface area (Å²) in [6.45, 7) is 8.04. The molecule has 6 heteroatoms. The van der Waals surface area contributed by atoms with Crippen LogP contribution in [0.3, 0.4) is 0 Å². The quantitative estimate of drug-likeness (QED) is 0.0718. The van der Waals surface area contributed by atoms with Crippen molar-refractivity contribution in [2.45, 2.75) is 65.8 Å². The monoisotopic (exact) mass is 481 g/mol. The van der Waals surface area contributed by atoms with Gasteiger partial charge in [0.15, 0.2) is 11.9 Å². The van der Waals surface area contributed by atoms with Crippen molar-refractivity contribution in [1.82, 2.24) is 0 Å². The molecule has 0 saturated carbocycles. The minimum atomic E-state index is -6.00. The molecular weight excluding hydrogens is 449 g/mol. The van der Waals surface area contributed by atoms with E-state index in [0.29, 0.717) is 0 Å². The van der Waals surface area contributed by atoms with E-state index in [1.165, 1.54) is 75.2 Å². The van der Waals surface area contributed by atoms with Crippen molar-refractivity contribution < 1.29 is 21.8 Å². The van der Waals surface area contributed by atoms with E-state index in [4.69, 9.17) is 0 Å². The van der Waals surface area contributed by atoms with Crippen molar-refractivity contribution in [1.29, 1.82) is 0 Å². The summed E-state index contributed by atoms with van der Waals surface area (Å²) in [4.78, 5) is 0. The van der Waals surface area contributed by atoms with Gasteiger partial charge in [0, 0.05) is 18.4 Å². The lowest BCUT2D eigenvalue weighted by molar-refractivity contribution is -0.703. The van der Waals surface area contributed by atoms with Crippen LogP contribution in [-0.2, 0) is 19.4 Å². The molecule has 5 aromatic rings. The van der Waals surface area contributed by atoms with Crippen molar-refractivity contribution in [3.63, 3.8) is 0 Å². The zero-order chi connectivity index (χ0) is 25.2. The highest BCUT2D eigenvalue weighted by atomic mass is 19.5. The summed E-state index contributed by atoms with van der Waals surface area (Å²) in [5.74, 6) is 0. The van der Waals surface area contributed by atoms with Gasteiger partial charge in [0.05, 0.1) is 5.39 Å². The maximum absolute atomic E-state index is 9.75.